The molecule has 2 aromatic rings. The number of nitrogens with zero attached hydrogens (tertiary/aromatic N) is 2. The van der Waals surface area contributed by atoms with Gasteiger partial charge >= 0.3 is 0 Å². The molecule has 2 heterocycles. The minimum Gasteiger partial charge on any atom is -0.316 e. The third kappa shape index (κ3) is 1.08. The Morgan fingerprint density at radius 3 is 3.33 bits per heavy atom. The first kappa shape index (κ1) is 7.31. The van der Waals surface area contributed by atoms with Crippen LogP contribution in [0.15, 0.2) is 30.9 Å². The molecule has 0 amide bonds. The van der Waals surface area contributed by atoms with Crippen molar-refractivity contribution in [1.29, 1.82) is 0 Å². The topological polar surface area (TPSA) is 29.3 Å². The Bertz CT molecular complexity index is 378. The zero-order valence-electron chi connectivity index (χ0n) is 6.99. The molecule has 0 saturated heterocycles. The van der Waals surface area contributed by atoms with Crippen LogP contribution in [0.1, 0.15) is 5.56 Å². The van der Waals surface area contributed by atoms with Crippen LogP contribution in [0.2, 0.25) is 0 Å². The summed E-state index contributed by atoms with van der Waals surface area (Å²) >= 11 is 0. The van der Waals surface area contributed by atoms with Gasteiger partial charge in [0.25, 0.3) is 0 Å². The van der Waals surface area contributed by atoms with Crippen molar-refractivity contribution in [3.63, 3.8) is 0 Å². The molecule has 2 aromatic heterocycles. The van der Waals surface area contributed by atoms with Crippen LogP contribution in [-0.2, 0) is 6.54 Å². The molecule has 0 atom stereocenters. The molecule has 0 bridgehead atoms. The highest BCUT2D eigenvalue weighted by atomic mass is 15.0. The van der Waals surface area contributed by atoms with E-state index in [1.807, 2.05) is 36.2 Å². The Morgan fingerprint density at radius 2 is 2.50 bits per heavy atom. The molecule has 0 unspecified atom stereocenters. The molecule has 3 nitrogen and oxygen atoms in total. The number of aromatic nitrogens is 2. The molecule has 3 heteroatoms. The van der Waals surface area contributed by atoms with Crippen molar-refractivity contribution in [1.82, 2.24) is 14.7 Å². The maximum Gasteiger partial charge on any atom is 0.0992 e. The van der Waals surface area contributed by atoms with Gasteiger partial charge < -0.3 is 9.72 Å². The highest BCUT2D eigenvalue weighted by Crippen LogP contribution is 2.08. The van der Waals surface area contributed by atoms with Crippen LogP contribution >= 0.6 is 0 Å². The van der Waals surface area contributed by atoms with E-state index in [9.17, 15) is 0 Å². The van der Waals surface area contributed by atoms with Crippen LogP contribution in [0.4, 0.5) is 0 Å². The third-order valence-corrected chi connectivity index (χ3v) is 1.91. The molecule has 0 fully saturated rings. The van der Waals surface area contributed by atoms with Crippen LogP contribution in [0.3, 0.4) is 0 Å². The van der Waals surface area contributed by atoms with E-state index in [0.717, 1.165) is 6.54 Å². The first-order chi connectivity index (χ1) is 5.92. The van der Waals surface area contributed by atoms with Crippen LogP contribution < -0.4 is 5.32 Å². The van der Waals surface area contributed by atoms with Crippen molar-refractivity contribution in [2.75, 3.05) is 7.05 Å². The third-order valence-electron chi connectivity index (χ3n) is 1.91. The average Bonchev–Trinajstić information content (AvgIpc) is 2.53. The largest absolute Gasteiger partial charge is 0.316 e. The maximum atomic E-state index is 4.08. The second kappa shape index (κ2) is 2.95. The summed E-state index contributed by atoms with van der Waals surface area (Å²) in [6.45, 7) is 0.885. The van der Waals surface area contributed by atoms with E-state index in [2.05, 4.69) is 16.4 Å². The summed E-state index contributed by atoms with van der Waals surface area (Å²) in [4.78, 5) is 4.08. The Morgan fingerprint density at radius 1 is 1.58 bits per heavy atom. The molecule has 0 spiro atoms. The first-order valence-electron chi connectivity index (χ1n) is 3.96. The first-order valence-corrected chi connectivity index (χ1v) is 3.96. The Hall–Kier alpha value is -1.35. The van der Waals surface area contributed by atoms with Gasteiger partial charge in [0, 0.05) is 12.7 Å². The highest BCUT2D eigenvalue weighted by Gasteiger charge is 1.98. The summed E-state index contributed by atoms with van der Waals surface area (Å²) in [6.07, 6.45) is 5.70. The van der Waals surface area contributed by atoms with Crippen LogP contribution in [0, 0.1) is 0 Å². The molecule has 0 aliphatic carbocycles. The molecule has 0 aliphatic rings. The van der Waals surface area contributed by atoms with E-state index in [1.165, 1.54) is 11.1 Å². The summed E-state index contributed by atoms with van der Waals surface area (Å²) in [6, 6.07) is 4.13. The van der Waals surface area contributed by atoms with E-state index < -0.39 is 0 Å². The summed E-state index contributed by atoms with van der Waals surface area (Å²) in [7, 11) is 1.94. The van der Waals surface area contributed by atoms with Crippen molar-refractivity contribution < 1.29 is 0 Å². The van der Waals surface area contributed by atoms with Gasteiger partial charge in [-0.3, -0.25) is 0 Å². The number of rotatable bonds is 2. The Kier molecular flexibility index (Phi) is 1.80. The van der Waals surface area contributed by atoms with Crippen LogP contribution in [0.25, 0.3) is 5.52 Å². The van der Waals surface area contributed by atoms with E-state index in [-0.39, 0.29) is 0 Å². The number of pyridine rings is 1. The minimum atomic E-state index is 0.885. The summed E-state index contributed by atoms with van der Waals surface area (Å²) in [5.41, 5.74) is 2.45. The van der Waals surface area contributed by atoms with Gasteiger partial charge in [0.2, 0.25) is 0 Å². The van der Waals surface area contributed by atoms with E-state index in [4.69, 9.17) is 0 Å². The fraction of sp³-hybridized carbons (Fsp3) is 0.222. The van der Waals surface area contributed by atoms with Gasteiger partial charge in [-0.25, -0.2) is 4.98 Å². The highest BCUT2D eigenvalue weighted by molar-refractivity contribution is 5.52. The zero-order valence-corrected chi connectivity index (χ0v) is 6.99. The number of nitrogens with one attached hydrogen (secondary N) is 1. The molecule has 0 radical (unpaired) electrons. The average molecular weight is 161 g/mol. The van der Waals surface area contributed by atoms with Gasteiger partial charge in [-0.15, -0.1) is 0 Å². The Labute approximate surface area is 71.0 Å². The Balaban J connectivity index is 2.57. The van der Waals surface area contributed by atoms with Gasteiger partial charge in [-0.2, -0.15) is 0 Å². The molecular formula is C9H11N3. The van der Waals surface area contributed by atoms with Gasteiger partial charge in [0.1, 0.15) is 0 Å². The lowest BCUT2D eigenvalue weighted by atomic mass is 10.2. The quantitative estimate of drug-likeness (QED) is 0.713. The van der Waals surface area contributed by atoms with Crippen molar-refractivity contribution in [2.45, 2.75) is 6.54 Å². The van der Waals surface area contributed by atoms with Gasteiger partial charge in [-0.1, -0.05) is 6.07 Å². The monoisotopic (exact) mass is 161 g/mol. The van der Waals surface area contributed by atoms with E-state index >= 15 is 0 Å². The maximum absolute atomic E-state index is 4.08. The molecule has 0 aliphatic heterocycles. The number of imidazole rings is 1. The van der Waals surface area contributed by atoms with Crippen molar-refractivity contribution in [2.24, 2.45) is 0 Å². The second-order valence-corrected chi connectivity index (χ2v) is 2.75. The van der Waals surface area contributed by atoms with Gasteiger partial charge in [-0.05, 0) is 18.7 Å². The van der Waals surface area contributed by atoms with Crippen LogP contribution in [-0.4, -0.2) is 16.4 Å². The van der Waals surface area contributed by atoms with E-state index in [1.54, 1.807) is 0 Å². The lowest BCUT2D eigenvalue weighted by Crippen LogP contribution is -2.05. The van der Waals surface area contributed by atoms with Gasteiger partial charge in [0.05, 0.1) is 18.0 Å². The molecule has 1 N–H and O–H groups in total. The van der Waals surface area contributed by atoms with Gasteiger partial charge in [0.15, 0.2) is 0 Å². The van der Waals surface area contributed by atoms with Crippen molar-refractivity contribution in [3.8, 4) is 0 Å². The molecule has 12 heavy (non-hydrogen) atoms. The molecular weight excluding hydrogens is 150 g/mol. The van der Waals surface area contributed by atoms with Crippen molar-refractivity contribution in [3.05, 3.63) is 36.4 Å². The van der Waals surface area contributed by atoms with Crippen LogP contribution in [0.5, 0.6) is 0 Å². The predicted octanol–water partition coefficient (Wildman–Crippen LogP) is 1.05. The fourth-order valence-corrected chi connectivity index (χ4v) is 1.35. The summed E-state index contributed by atoms with van der Waals surface area (Å²) in [5, 5.41) is 3.12. The fourth-order valence-electron chi connectivity index (χ4n) is 1.35. The van der Waals surface area contributed by atoms with E-state index in [0.29, 0.717) is 0 Å². The number of fused-ring (bicyclic) bond motifs is 1. The lowest BCUT2D eigenvalue weighted by molar-refractivity contribution is 0.819. The predicted molar refractivity (Wildman–Crippen MR) is 48.0 cm³/mol. The minimum absolute atomic E-state index is 0.885. The SMILES string of the molecule is CNCc1cccn2cncc12. The zero-order chi connectivity index (χ0) is 8.39. The van der Waals surface area contributed by atoms with Crippen molar-refractivity contribution >= 4 is 5.52 Å². The standard InChI is InChI=1S/C9H11N3/c1-10-5-8-3-2-4-12-7-11-6-9(8)12/h2-4,6-7,10H,5H2,1H3. The molecule has 0 aromatic carbocycles. The summed E-state index contributed by atoms with van der Waals surface area (Å²) < 4.78 is 2.02. The lowest BCUT2D eigenvalue weighted by Gasteiger charge is -2.01. The smallest absolute Gasteiger partial charge is 0.0992 e. The molecule has 0 saturated carbocycles. The molecule has 2 rings (SSSR count). The number of hydrogen-bond acceptors (Lipinski definition) is 2. The summed E-state index contributed by atoms with van der Waals surface area (Å²) in [5.74, 6) is 0. The number of hydrogen-bond donors (Lipinski definition) is 1. The second-order valence-electron chi connectivity index (χ2n) is 2.75. The normalized spacial score (nSPS) is 10.8. The molecule has 62 valence electrons.